The van der Waals surface area contributed by atoms with E-state index in [1.54, 1.807) is 29.2 Å². The van der Waals surface area contributed by atoms with Crippen molar-refractivity contribution >= 4 is 15.9 Å². The smallest absolute Gasteiger partial charge is 0.253 e. The van der Waals surface area contributed by atoms with E-state index in [4.69, 9.17) is 4.74 Å². The third-order valence-electron chi connectivity index (χ3n) is 5.65. The first-order valence-corrected chi connectivity index (χ1v) is 11.0. The van der Waals surface area contributed by atoms with E-state index in [0.717, 1.165) is 5.56 Å². The molecule has 2 heterocycles. The molecule has 2 saturated heterocycles. The number of hydrogen-bond donors (Lipinski definition) is 0. The topological polar surface area (TPSA) is 66.9 Å². The van der Waals surface area contributed by atoms with Crippen molar-refractivity contribution in [1.82, 2.24) is 9.21 Å². The number of ether oxygens (including phenoxy) is 1. The van der Waals surface area contributed by atoms with E-state index in [2.05, 4.69) is 0 Å². The monoisotopic (exact) mass is 418 g/mol. The minimum atomic E-state index is -3.69. The van der Waals surface area contributed by atoms with Gasteiger partial charge in [-0.3, -0.25) is 4.79 Å². The number of carbonyl (C=O) groups excluding carboxylic acids is 1. The first-order chi connectivity index (χ1) is 13.8. The van der Waals surface area contributed by atoms with Crippen molar-refractivity contribution < 1.29 is 22.3 Å². The quantitative estimate of drug-likeness (QED) is 0.769. The molecule has 6 nitrogen and oxygen atoms in total. The molecule has 1 spiro atoms. The Balaban J connectivity index is 1.51. The molecule has 2 aromatic carbocycles. The van der Waals surface area contributed by atoms with Crippen molar-refractivity contribution in [3.05, 3.63) is 65.5 Å². The van der Waals surface area contributed by atoms with Crippen LogP contribution in [0.5, 0.6) is 0 Å². The molecule has 1 amide bonds. The van der Waals surface area contributed by atoms with Crippen LogP contribution in [0.25, 0.3) is 0 Å². The Labute approximate surface area is 169 Å². The highest BCUT2D eigenvalue weighted by Gasteiger charge is 2.51. The highest BCUT2D eigenvalue weighted by atomic mass is 32.2. The molecule has 0 unspecified atom stereocenters. The highest BCUT2D eigenvalue weighted by molar-refractivity contribution is 7.89. The van der Waals surface area contributed by atoms with Crippen LogP contribution in [0.2, 0.25) is 0 Å². The first-order valence-electron chi connectivity index (χ1n) is 9.60. The van der Waals surface area contributed by atoms with Gasteiger partial charge in [0.2, 0.25) is 10.0 Å². The second-order valence-corrected chi connectivity index (χ2v) is 9.35. The number of sulfonamides is 1. The van der Waals surface area contributed by atoms with Crippen LogP contribution in [0.4, 0.5) is 4.39 Å². The molecule has 2 fully saturated rings. The summed E-state index contributed by atoms with van der Waals surface area (Å²) in [5.74, 6) is -0.582. The van der Waals surface area contributed by atoms with E-state index in [1.165, 1.54) is 28.6 Å². The fourth-order valence-corrected chi connectivity index (χ4v) is 5.72. The summed E-state index contributed by atoms with van der Waals surface area (Å²) in [6.45, 7) is 3.27. The number of carbonyl (C=O) groups is 1. The molecule has 0 saturated carbocycles. The Morgan fingerprint density at radius 2 is 1.62 bits per heavy atom. The third-order valence-corrected chi connectivity index (χ3v) is 7.62. The van der Waals surface area contributed by atoms with Crippen LogP contribution in [0.15, 0.2) is 53.4 Å². The maximum Gasteiger partial charge on any atom is 0.253 e. The average molecular weight is 418 g/mol. The Morgan fingerprint density at radius 3 is 2.24 bits per heavy atom. The van der Waals surface area contributed by atoms with Gasteiger partial charge >= 0.3 is 0 Å². The van der Waals surface area contributed by atoms with Crippen molar-refractivity contribution in [1.29, 1.82) is 0 Å². The van der Waals surface area contributed by atoms with E-state index < -0.39 is 21.6 Å². The molecular formula is C21H23FN2O4S. The van der Waals surface area contributed by atoms with Gasteiger partial charge in [0.25, 0.3) is 5.91 Å². The van der Waals surface area contributed by atoms with Crippen LogP contribution in [0.1, 0.15) is 28.8 Å². The van der Waals surface area contributed by atoms with Crippen LogP contribution < -0.4 is 0 Å². The maximum absolute atomic E-state index is 13.2. The summed E-state index contributed by atoms with van der Waals surface area (Å²) in [7, 11) is -3.69. The highest BCUT2D eigenvalue weighted by Crippen LogP contribution is 2.38. The van der Waals surface area contributed by atoms with E-state index in [9.17, 15) is 17.6 Å². The number of benzene rings is 2. The van der Waals surface area contributed by atoms with Gasteiger partial charge in [-0.1, -0.05) is 17.7 Å². The van der Waals surface area contributed by atoms with Gasteiger partial charge in [-0.25, -0.2) is 12.8 Å². The van der Waals surface area contributed by atoms with Gasteiger partial charge < -0.3 is 9.64 Å². The normalized spacial score (nSPS) is 19.6. The number of aryl methyl sites for hydroxylation is 1. The molecule has 2 aromatic rings. The zero-order valence-corrected chi connectivity index (χ0v) is 17.0. The molecule has 2 aliphatic heterocycles. The predicted octanol–water partition coefficient (Wildman–Crippen LogP) is 2.79. The largest absolute Gasteiger partial charge is 0.358 e. The van der Waals surface area contributed by atoms with Crippen LogP contribution in [0, 0.1) is 12.7 Å². The lowest BCUT2D eigenvalue weighted by atomic mass is 10.00. The van der Waals surface area contributed by atoms with Gasteiger partial charge in [0, 0.05) is 38.0 Å². The van der Waals surface area contributed by atoms with Gasteiger partial charge in [0.1, 0.15) is 11.5 Å². The van der Waals surface area contributed by atoms with Crippen molar-refractivity contribution in [2.45, 2.75) is 30.4 Å². The summed E-state index contributed by atoms with van der Waals surface area (Å²) >= 11 is 0. The lowest BCUT2D eigenvalue weighted by Crippen LogP contribution is -2.55. The van der Waals surface area contributed by atoms with Gasteiger partial charge in [-0.15, -0.1) is 0 Å². The number of rotatable bonds is 3. The molecule has 0 atom stereocenters. The zero-order chi connectivity index (χ0) is 20.6. The van der Waals surface area contributed by atoms with Crippen LogP contribution >= 0.6 is 0 Å². The van der Waals surface area contributed by atoms with E-state index in [1.807, 2.05) is 6.92 Å². The van der Waals surface area contributed by atoms with E-state index >= 15 is 0 Å². The number of likely N-dealkylation sites (tertiary alicyclic amines) is 1. The summed E-state index contributed by atoms with van der Waals surface area (Å²) < 4.78 is 46.9. The molecule has 0 aliphatic carbocycles. The number of hydrogen-bond acceptors (Lipinski definition) is 4. The second kappa shape index (κ2) is 7.51. The molecule has 0 aromatic heterocycles. The molecule has 154 valence electrons. The predicted molar refractivity (Wildman–Crippen MR) is 105 cm³/mol. The zero-order valence-electron chi connectivity index (χ0n) is 16.2. The lowest BCUT2D eigenvalue weighted by Gasteiger charge is -2.42. The Bertz CT molecular complexity index is 998. The Hall–Kier alpha value is -2.29. The van der Waals surface area contributed by atoms with Crippen LogP contribution in [0.3, 0.4) is 0 Å². The lowest BCUT2D eigenvalue weighted by molar-refractivity contribution is -0.0857. The number of amides is 1. The molecule has 8 heteroatoms. The fourth-order valence-electron chi connectivity index (χ4n) is 4.00. The minimum absolute atomic E-state index is 0.189. The van der Waals surface area contributed by atoms with Crippen molar-refractivity contribution in [3.8, 4) is 0 Å². The summed E-state index contributed by atoms with van der Waals surface area (Å²) in [5, 5.41) is 0. The number of halogens is 1. The summed E-state index contributed by atoms with van der Waals surface area (Å²) in [6.07, 6.45) is 0.788. The van der Waals surface area contributed by atoms with Crippen LogP contribution in [-0.4, -0.2) is 55.5 Å². The summed E-state index contributed by atoms with van der Waals surface area (Å²) in [6, 6.07) is 12.2. The molecular weight excluding hydrogens is 395 g/mol. The minimum Gasteiger partial charge on any atom is -0.358 e. The van der Waals surface area contributed by atoms with Crippen molar-refractivity contribution in [3.63, 3.8) is 0 Å². The molecule has 4 rings (SSSR count). The summed E-state index contributed by atoms with van der Waals surface area (Å²) in [4.78, 5) is 14.6. The SMILES string of the molecule is Cc1ccc(S(=O)(=O)N2CCOC23CCN(C(=O)c2ccc(F)cc2)CC3)cc1. The maximum atomic E-state index is 13.2. The molecule has 2 aliphatic rings. The van der Waals surface area contributed by atoms with Gasteiger partial charge in [0.05, 0.1) is 11.5 Å². The average Bonchev–Trinajstić information content (AvgIpc) is 3.13. The van der Waals surface area contributed by atoms with Gasteiger partial charge in [0.15, 0.2) is 0 Å². The third kappa shape index (κ3) is 3.68. The van der Waals surface area contributed by atoms with Gasteiger partial charge in [-0.2, -0.15) is 4.31 Å². The van der Waals surface area contributed by atoms with Gasteiger partial charge in [-0.05, 0) is 43.3 Å². The molecule has 0 radical (unpaired) electrons. The second-order valence-electron chi connectivity index (χ2n) is 7.48. The Morgan fingerprint density at radius 1 is 1.00 bits per heavy atom. The summed E-state index contributed by atoms with van der Waals surface area (Å²) in [5.41, 5.74) is 0.478. The van der Waals surface area contributed by atoms with E-state index in [0.29, 0.717) is 44.6 Å². The van der Waals surface area contributed by atoms with E-state index in [-0.39, 0.29) is 10.8 Å². The first kappa shape index (κ1) is 20.0. The number of piperidine rings is 1. The standard InChI is InChI=1S/C21H23FN2O4S/c1-16-2-8-19(9-3-16)29(26,27)24-14-15-28-21(24)10-12-23(13-11-21)20(25)17-4-6-18(22)7-5-17/h2-9H,10-15H2,1H3. The fraction of sp³-hybridized carbons (Fsp3) is 0.381. The molecule has 0 N–H and O–H groups in total. The van der Waals surface area contributed by atoms with Crippen LogP contribution in [-0.2, 0) is 14.8 Å². The number of nitrogens with zero attached hydrogens (tertiary/aromatic N) is 2. The molecule has 29 heavy (non-hydrogen) atoms. The van der Waals surface area contributed by atoms with Crippen molar-refractivity contribution in [2.24, 2.45) is 0 Å². The van der Waals surface area contributed by atoms with Crippen molar-refractivity contribution in [2.75, 3.05) is 26.2 Å². The Kier molecular flexibility index (Phi) is 5.18. The molecule has 0 bridgehead atoms.